The molecule has 1 aliphatic heterocycles. The summed E-state index contributed by atoms with van der Waals surface area (Å²) in [6, 6.07) is 9.88. The molecule has 1 saturated heterocycles. The number of ether oxygens (including phenoxy) is 1. The summed E-state index contributed by atoms with van der Waals surface area (Å²) in [6.07, 6.45) is 1.39. The van der Waals surface area contributed by atoms with E-state index < -0.39 is 29.6 Å². The zero-order valence-corrected chi connectivity index (χ0v) is 14.8. The first-order valence-electron chi connectivity index (χ1n) is 7.65. The molecule has 1 N–H and O–H groups in total. The van der Waals surface area contributed by atoms with Crippen molar-refractivity contribution in [2.45, 2.75) is 0 Å². The first-order chi connectivity index (χ1) is 12.9. The van der Waals surface area contributed by atoms with Crippen molar-refractivity contribution in [3.05, 3.63) is 52.6 Å². The van der Waals surface area contributed by atoms with Crippen LogP contribution in [0.5, 0.6) is 0 Å². The van der Waals surface area contributed by atoms with E-state index >= 15 is 0 Å². The molecule has 0 aliphatic carbocycles. The van der Waals surface area contributed by atoms with Crippen molar-refractivity contribution in [3.8, 4) is 11.3 Å². The Balaban J connectivity index is 1.79. The van der Waals surface area contributed by atoms with E-state index in [0.717, 1.165) is 0 Å². The number of carboxylic acid groups (broad SMARTS) is 1. The summed E-state index contributed by atoms with van der Waals surface area (Å²) in [6.45, 7) is -0.683. The van der Waals surface area contributed by atoms with Crippen LogP contribution in [0.4, 0.5) is 4.79 Å². The predicted molar refractivity (Wildman–Crippen MR) is 95.8 cm³/mol. The lowest BCUT2D eigenvalue weighted by molar-refractivity contribution is -0.140. The summed E-state index contributed by atoms with van der Waals surface area (Å²) in [5.41, 5.74) is 1.11. The normalized spacial score (nSPS) is 15.4. The third-order valence-corrected chi connectivity index (χ3v) is 4.57. The van der Waals surface area contributed by atoms with Crippen LogP contribution in [0.15, 0.2) is 45.7 Å². The number of furan rings is 1. The van der Waals surface area contributed by atoms with Gasteiger partial charge in [-0.05, 0) is 36.0 Å². The van der Waals surface area contributed by atoms with Gasteiger partial charge < -0.3 is 14.3 Å². The maximum Gasteiger partial charge on any atom is 0.337 e. The number of carbonyl (C=O) groups is 4. The molecule has 138 valence electrons. The van der Waals surface area contributed by atoms with Crippen LogP contribution in [-0.2, 0) is 14.3 Å². The lowest BCUT2D eigenvalue weighted by Crippen LogP contribution is -2.33. The highest BCUT2D eigenvalue weighted by Crippen LogP contribution is 2.33. The van der Waals surface area contributed by atoms with Gasteiger partial charge in [0.05, 0.1) is 17.6 Å². The molecule has 0 unspecified atom stereocenters. The van der Waals surface area contributed by atoms with E-state index in [1.54, 1.807) is 36.4 Å². The van der Waals surface area contributed by atoms with Gasteiger partial charge in [0.2, 0.25) is 0 Å². The van der Waals surface area contributed by atoms with Crippen molar-refractivity contribution in [1.29, 1.82) is 0 Å². The van der Waals surface area contributed by atoms with Crippen LogP contribution in [0.2, 0.25) is 0 Å². The summed E-state index contributed by atoms with van der Waals surface area (Å²) in [5, 5.41) is 8.12. The van der Waals surface area contributed by atoms with Crippen LogP contribution in [0, 0.1) is 0 Å². The summed E-state index contributed by atoms with van der Waals surface area (Å²) in [4.78, 5) is 46.8. The highest BCUT2D eigenvalue weighted by atomic mass is 32.2. The summed E-state index contributed by atoms with van der Waals surface area (Å²) in [7, 11) is 1.30. The number of methoxy groups -OCH3 is 1. The fourth-order valence-electron chi connectivity index (χ4n) is 2.37. The molecule has 2 aromatic rings. The van der Waals surface area contributed by atoms with Gasteiger partial charge in [-0.2, -0.15) is 0 Å². The van der Waals surface area contributed by atoms with Crippen molar-refractivity contribution < 1.29 is 33.4 Å². The number of rotatable bonds is 5. The van der Waals surface area contributed by atoms with E-state index in [0.29, 0.717) is 39.3 Å². The molecule has 9 heteroatoms. The molecule has 0 atom stereocenters. The van der Waals surface area contributed by atoms with Crippen molar-refractivity contribution >= 4 is 40.9 Å². The Kier molecular flexibility index (Phi) is 5.13. The number of benzene rings is 1. The highest BCUT2D eigenvalue weighted by molar-refractivity contribution is 8.18. The van der Waals surface area contributed by atoms with Crippen LogP contribution in [-0.4, -0.2) is 46.7 Å². The molecule has 1 aromatic heterocycles. The molecule has 3 rings (SSSR count). The number of carbonyl (C=O) groups excluding carboxylic acids is 3. The minimum atomic E-state index is -1.27. The Morgan fingerprint density at radius 2 is 1.89 bits per heavy atom. The SMILES string of the molecule is COC(=O)c1ccc(-c2ccc(/C=C3/SC(=O)N(CC(=O)O)C3=O)o2)cc1. The highest BCUT2D eigenvalue weighted by Gasteiger charge is 2.36. The Morgan fingerprint density at radius 3 is 2.52 bits per heavy atom. The largest absolute Gasteiger partial charge is 0.480 e. The minimum Gasteiger partial charge on any atom is -0.480 e. The van der Waals surface area contributed by atoms with Crippen molar-refractivity contribution in [1.82, 2.24) is 4.90 Å². The van der Waals surface area contributed by atoms with Gasteiger partial charge in [0.25, 0.3) is 11.1 Å². The first kappa shape index (κ1) is 18.5. The first-order valence-corrected chi connectivity index (χ1v) is 8.46. The smallest absolute Gasteiger partial charge is 0.337 e. The fourth-order valence-corrected chi connectivity index (χ4v) is 3.19. The second-order valence-electron chi connectivity index (χ2n) is 5.43. The Hall–Kier alpha value is -3.33. The molecule has 1 fully saturated rings. The number of hydrogen-bond donors (Lipinski definition) is 1. The number of hydrogen-bond acceptors (Lipinski definition) is 7. The fraction of sp³-hybridized carbons (Fsp3) is 0.111. The molecular formula is C18H13NO7S. The Labute approximate surface area is 157 Å². The zero-order valence-electron chi connectivity index (χ0n) is 14.0. The third kappa shape index (κ3) is 3.93. The minimum absolute atomic E-state index is 0.0863. The van der Waals surface area contributed by atoms with Crippen molar-refractivity contribution in [2.75, 3.05) is 13.7 Å². The molecule has 2 heterocycles. The molecular weight excluding hydrogens is 374 g/mol. The zero-order chi connectivity index (χ0) is 19.6. The summed E-state index contributed by atoms with van der Waals surface area (Å²) >= 11 is 0.655. The second-order valence-corrected chi connectivity index (χ2v) is 6.43. The third-order valence-electron chi connectivity index (χ3n) is 3.66. The summed E-state index contributed by atoms with van der Waals surface area (Å²) < 4.78 is 10.3. The Bertz CT molecular complexity index is 958. The van der Waals surface area contributed by atoms with Gasteiger partial charge in [-0.3, -0.25) is 19.3 Å². The maximum absolute atomic E-state index is 12.1. The summed E-state index contributed by atoms with van der Waals surface area (Å²) in [5.74, 6) is -1.55. The lowest BCUT2D eigenvalue weighted by Gasteiger charge is -2.07. The van der Waals surface area contributed by atoms with E-state index in [4.69, 9.17) is 9.52 Å². The van der Waals surface area contributed by atoms with E-state index in [-0.39, 0.29) is 4.91 Å². The van der Waals surface area contributed by atoms with E-state index in [9.17, 15) is 19.2 Å². The molecule has 1 aromatic carbocycles. The van der Waals surface area contributed by atoms with Crippen molar-refractivity contribution in [2.24, 2.45) is 0 Å². The van der Waals surface area contributed by atoms with Gasteiger partial charge in [0.1, 0.15) is 18.1 Å². The monoisotopic (exact) mass is 387 g/mol. The molecule has 8 nitrogen and oxygen atoms in total. The van der Waals surface area contributed by atoms with Crippen LogP contribution in [0.1, 0.15) is 16.1 Å². The van der Waals surface area contributed by atoms with Gasteiger partial charge in [0, 0.05) is 11.6 Å². The van der Waals surface area contributed by atoms with Crippen molar-refractivity contribution in [3.63, 3.8) is 0 Å². The molecule has 0 saturated carbocycles. The lowest BCUT2D eigenvalue weighted by atomic mass is 10.1. The van der Waals surface area contributed by atoms with Gasteiger partial charge in [-0.25, -0.2) is 4.79 Å². The Morgan fingerprint density at radius 1 is 1.19 bits per heavy atom. The molecule has 0 bridgehead atoms. The number of esters is 1. The average molecular weight is 387 g/mol. The number of thioether (sulfide) groups is 1. The molecule has 0 radical (unpaired) electrons. The molecule has 27 heavy (non-hydrogen) atoms. The second kappa shape index (κ2) is 7.50. The quantitative estimate of drug-likeness (QED) is 0.615. The van der Waals surface area contributed by atoms with Crippen LogP contribution in [0.25, 0.3) is 17.4 Å². The molecule has 1 aliphatic rings. The number of imide groups is 1. The van der Waals surface area contributed by atoms with Crippen LogP contribution < -0.4 is 0 Å². The number of nitrogens with zero attached hydrogens (tertiary/aromatic N) is 1. The predicted octanol–water partition coefficient (Wildman–Crippen LogP) is 2.85. The van der Waals surface area contributed by atoms with Gasteiger partial charge >= 0.3 is 11.9 Å². The molecule has 2 amide bonds. The standard InChI is InChI=1S/C18H13NO7S/c1-25-17(23)11-4-2-10(3-5-11)13-7-6-12(26-13)8-14-16(22)19(9-15(20)21)18(24)27-14/h2-8H,9H2,1H3,(H,20,21)/b14-8+. The van der Waals surface area contributed by atoms with E-state index in [2.05, 4.69) is 4.74 Å². The topological polar surface area (TPSA) is 114 Å². The number of amides is 2. The van der Waals surface area contributed by atoms with Gasteiger partial charge in [0.15, 0.2) is 0 Å². The average Bonchev–Trinajstić information content (AvgIpc) is 3.21. The van der Waals surface area contributed by atoms with Gasteiger partial charge in [-0.15, -0.1) is 0 Å². The van der Waals surface area contributed by atoms with E-state index in [1.165, 1.54) is 13.2 Å². The number of carboxylic acids is 1. The van der Waals surface area contributed by atoms with E-state index in [1.807, 2.05) is 0 Å². The number of aliphatic carboxylic acids is 1. The molecule has 0 spiro atoms. The van der Waals surface area contributed by atoms with Crippen LogP contribution >= 0.6 is 11.8 Å². The van der Waals surface area contributed by atoms with Crippen LogP contribution in [0.3, 0.4) is 0 Å². The van der Waals surface area contributed by atoms with Gasteiger partial charge in [-0.1, -0.05) is 12.1 Å². The maximum atomic E-state index is 12.1.